The Labute approximate surface area is 132 Å². The maximum Gasteiger partial charge on any atom is 0.256 e. The normalized spacial score (nSPS) is 10.7. The molecule has 0 unspecified atom stereocenters. The van der Waals surface area contributed by atoms with Gasteiger partial charge in [0.05, 0.1) is 18.8 Å². The number of benzene rings is 2. The van der Waals surface area contributed by atoms with Gasteiger partial charge in [-0.15, -0.1) is 0 Å². The average Bonchev–Trinajstić information content (AvgIpc) is 2.98. The molecule has 0 radical (unpaired) electrons. The van der Waals surface area contributed by atoms with Crippen LogP contribution in [0.4, 0.5) is 10.2 Å². The van der Waals surface area contributed by atoms with Crippen molar-refractivity contribution in [3.8, 4) is 5.75 Å². The van der Waals surface area contributed by atoms with E-state index in [-0.39, 0.29) is 5.91 Å². The molecule has 0 atom stereocenters. The van der Waals surface area contributed by atoms with Crippen LogP contribution in [0, 0.1) is 0 Å². The molecule has 0 fully saturated rings. The van der Waals surface area contributed by atoms with Crippen molar-refractivity contribution in [2.24, 2.45) is 0 Å². The number of hydrogen-bond acceptors (Lipinski definition) is 3. The zero-order chi connectivity index (χ0) is 16.1. The van der Waals surface area contributed by atoms with Gasteiger partial charge in [-0.1, -0.05) is 18.2 Å². The van der Waals surface area contributed by atoms with Gasteiger partial charge >= 0.3 is 0 Å². The highest BCUT2D eigenvalue weighted by molar-refractivity contribution is 6.07. The third kappa shape index (κ3) is 3.48. The summed E-state index contributed by atoms with van der Waals surface area (Å²) < 4.78 is 17.6. The fourth-order valence-electron chi connectivity index (χ4n) is 2.19. The van der Waals surface area contributed by atoms with Crippen LogP contribution < -0.4 is 10.1 Å². The van der Waals surface area contributed by atoms with E-state index in [4.69, 9.17) is 4.74 Å². The van der Waals surface area contributed by atoms with Crippen LogP contribution in [0.15, 0.2) is 48.5 Å². The highest BCUT2D eigenvalue weighted by Gasteiger charge is 2.11. The number of halogens is 1. The molecule has 1 heterocycles. The number of fused-ring (bicyclic) bond motifs is 1. The zero-order valence-electron chi connectivity index (χ0n) is 12.4. The van der Waals surface area contributed by atoms with Crippen LogP contribution in [0.25, 0.3) is 10.9 Å². The maximum atomic E-state index is 12.2. The number of aromatic amines is 1. The first-order chi connectivity index (χ1) is 11.3. The molecule has 1 amide bonds. The Morgan fingerprint density at radius 3 is 2.83 bits per heavy atom. The minimum Gasteiger partial charge on any atom is -0.493 e. The molecule has 0 spiro atoms. The summed E-state index contributed by atoms with van der Waals surface area (Å²) in [5, 5.41) is 10.5. The van der Waals surface area contributed by atoms with Gasteiger partial charge in [0.25, 0.3) is 5.91 Å². The molecule has 0 aliphatic heterocycles. The number of carbonyl (C=O) groups excluding carboxylic acids is 1. The van der Waals surface area contributed by atoms with Gasteiger partial charge < -0.3 is 10.1 Å². The van der Waals surface area contributed by atoms with Crippen molar-refractivity contribution >= 4 is 22.6 Å². The second-order valence-electron chi connectivity index (χ2n) is 4.99. The largest absolute Gasteiger partial charge is 0.493 e. The summed E-state index contributed by atoms with van der Waals surface area (Å²) >= 11 is 0. The second kappa shape index (κ2) is 6.91. The number of ether oxygens (including phenoxy) is 1. The van der Waals surface area contributed by atoms with Crippen LogP contribution in [0.3, 0.4) is 0 Å². The Morgan fingerprint density at radius 1 is 1.22 bits per heavy atom. The van der Waals surface area contributed by atoms with Gasteiger partial charge in [0.15, 0.2) is 5.82 Å². The van der Waals surface area contributed by atoms with Crippen LogP contribution in [0.2, 0.25) is 0 Å². The van der Waals surface area contributed by atoms with Crippen molar-refractivity contribution in [1.82, 2.24) is 10.2 Å². The summed E-state index contributed by atoms with van der Waals surface area (Å²) in [5.74, 6) is 0.815. The SMILES string of the molecule is O=C(Nc1n[nH]c2ccc(OCCCF)cc12)c1ccccc1. The molecule has 0 aliphatic carbocycles. The number of H-pyrrole nitrogens is 1. The topological polar surface area (TPSA) is 67.0 Å². The first-order valence-corrected chi connectivity index (χ1v) is 7.31. The lowest BCUT2D eigenvalue weighted by Gasteiger charge is -2.06. The highest BCUT2D eigenvalue weighted by Crippen LogP contribution is 2.25. The summed E-state index contributed by atoms with van der Waals surface area (Å²) in [4.78, 5) is 12.2. The first kappa shape index (κ1) is 15.0. The van der Waals surface area contributed by atoms with E-state index in [1.54, 1.807) is 36.4 Å². The predicted molar refractivity (Wildman–Crippen MR) is 86.6 cm³/mol. The third-order valence-corrected chi connectivity index (χ3v) is 3.35. The Morgan fingerprint density at radius 2 is 2.04 bits per heavy atom. The molecule has 0 saturated heterocycles. The molecule has 0 aliphatic rings. The molecule has 3 aromatic rings. The van der Waals surface area contributed by atoms with E-state index in [2.05, 4.69) is 15.5 Å². The van der Waals surface area contributed by atoms with Gasteiger partial charge in [0, 0.05) is 17.4 Å². The fourth-order valence-corrected chi connectivity index (χ4v) is 2.19. The number of nitrogens with one attached hydrogen (secondary N) is 2. The monoisotopic (exact) mass is 313 g/mol. The van der Waals surface area contributed by atoms with Crippen LogP contribution in [0.1, 0.15) is 16.8 Å². The smallest absolute Gasteiger partial charge is 0.256 e. The lowest BCUT2D eigenvalue weighted by molar-refractivity contribution is 0.102. The lowest BCUT2D eigenvalue weighted by atomic mass is 10.2. The van der Waals surface area contributed by atoms with Crippen LogP contribution in [0.5, 0.6) is 5.75 Å². The fraction of sp³-hybridized carbons (Fsp3) is 0.176. The molecule has 5 nitrogen and oxygen atoms in total. The van der Waals surface area contributed by atoms with Gasteiger partial charge in [-0.05, 0) is 30.3 Å². The van der Waals surface area contributed by atoms with Gasteiger partial charge in [0.1, 0.15) is 5.75 Å². The van der Waals surface area contributed by atoms with E-state index in [9.17, 15) is 9.18 Å². The Hall–Kier alpha value is -2.89. The number of nitrogens with zero attached hydrogens (tertiary/aromatic N) is 1. The molecular weight excluding hydrogens is 297 g/mol. The Balaban J connectivity index is 1.80. The van der Waals surface area contributed by atoms with Crippen molar-refractivity contribution in [1.29, 1.82) is 0 Å². The number of rotatable bonds is 6. The van der Waals surface area contributed by atoms with Crippen LogP contribution >= 0.6 is 0 Å². The summed E-state index contributed by atoms with van der Waals surface area (Å²) in [6, 6.07) is 14.3. The Kier molecular flexibility index (Phi) is 4.52. The molecule has 6 heteroatoms. The van der Waals surface area contributed by atoms with E-state index < -0.39 is 6.67 Å². The summed E-state index contributed by atoms with van der Waals surface area (Å²) in [6.07, 6.45) is 0.348. The predicted octanol–water partition coefficient (Wildman–Crippen LogP) is 3.55. The molecule has 3 rings (SSSR count). The molecule has 0 saturated carbocycles. The van der Waals surface area contributed by atoms with E-state index in [1.807, 2.05) is 12.1 Å². The van der Waals surface area contributed by atoms with Crippen LogP contribution in [-0.2, 0) is 0 Å². The number of amides is 1. The quantitative estimate of drug-likeness (QED) is 0.684. The molecule has 118 valence electrons. The van der Waals surface area contributed by atoms with Crippen molar-refractivity contribution in [3.63, 3.8) is 0 Å². The average molecular weight is 313 g/mol. The molecular formula is C17H16FN3O2. The third-order valence-electron chi connectivity index (χ3n) is 3.35. The van der Waals surface area contributed by atoms with E-state index >= 15 is 0 Å². The maximum absolute atomic E-state index is 12.2. The number of hydrogen-bond donors (Lipinski definition) is 2. The number of carbonyl (C=O) groups is 1. The van der Waals surface area contributed by atoms with Crippen LogP contribution in [-0.4, -0.2) is 29.4 Å². The minimum atomic E-state index is -0.410. The number of aromatic nitrogens is 2. The zero-order valence-corrected chi connectivity index (χ0v) is 12.4. The summed E-state index contributed by atoms with van der Waals surface area (Å²) in [6.45, 7) is -0.0993. The summed E-state index contributed by atoms with van der Waals surface area (Å²) in [7, 11) is 0. The van der Waals surface area contributed by atoms with Gasteiger partial charge in [-0.3, -0.25) is 14.3 Å². The van der Waals surface area contributed by atoms with Gasteiger partial charge in [-0.2, -0.15) is 5.10 Å². The molecule has 2 aromatic carbocycles. The van der Waals surface area contributed by atoms with E-state index in [0.29, 0.717) is 30.2 Å². The van der Waals surface area contributed by atoms with Crippen molar-refractivity contribution in [2.75, 3.05) is 18.6 Å². The highest BCUT2D eigenvalue weighted by atomic mass is 19.1. The first-order valence-electron chi connectivity index (χ1n) is 7.31. The van der Waals surface area contributed by atoms with E-state index in [0.717, 1.165) is 10.9 Å². The minimum absolute atomic E-state index is 0.234. The lowest BCUT2D eigenvalue weighted by Crippen LogP contribution is -2.12. The van der Waals surface area contributed by atoms with E-state index in [1.165, 1.54) is 0 Å². The van der Waals surface area contributed by atoms with Crippen molar-refractivity contribution < 1.29 is 13.9 Å². The summed E-state index contributed by atoms with van der Waals surface area (Å²) in [5.41, 5.74) is 1.34. The molecule has 23 heavy (non-hydrogen) atoms. The number of alkyl halides is 1. The van der Waals surface area contributed by atoms with Crippen molar-refractivity contribution in [2.45, 2.75) is 6.42 Å². The second-order valence-corrected chi connectivity index (χ2v) is 4.99. The van der Waals surface area contributed by atoms with Crippen molar-refractivity contribution in [3.05, 3.63) is 54.1 Å². The van der Waals surface area contributed by atoms with Gasteiger partial charge in [-0.25, -0.2) is 0 Å². The molecule has 2 N–H and O–H groups in total. The molecule has 1 aromatic heterocycles. The molecule has 0 bridgehead atoms. The number of anilines is 1. The Bertz CT molecular complexity index is 802. The van der Waals surface area contributed by atoms with Gasteiger partial charge in [0.2, 0.25) is 0 Å². The standard InChI is InChI=1S/C17H16FN3O2/c18-9-4-10-23-13-7-8-15-14(11-13)16(21-20-15)19-17(22)12-5-2-1-3-6-12/h1-3,5-8,11H,4,9-10H2,(H2,19,20,21,22).